The van der Waals surface area contributed by atoms with Crippen molar-refractivity contribution < 1.29 is 9.47 Å². The molecule has 2 rings (SSSR count). The molecule has 112 valence electrons. The van der Waals surface area contributed by atoms with Crippen LogP contribution in [0.25, 0.3) is 0 Å². The van der Waals surface area contributed by atoms with Crippen LogP contribution in [0.4, 0.5) is 0 Å². The van der Waals surface area contributed by atoms with E-state index >= 15 is 0 Å². The lowest BCUT2D eigenvalue weighted by atomic mass is 10.1. The van der Waals surface area contributed by atoms with Crippen LogP contribution in [0.15, 0.2) is 48.5 Å². The van der Waals surface area contributed by atoms with Gasteiger partial charge in [0.1, 0.15) is 12.4 Å². The van der Waals surface area contributed by atoms with Crippen molar-refractivity contribution in [3.63, 3.8) is 0 Å². The molecule has 3 heteroatoms. The first kappa shape index (κ1) is 15.5. The first-order valence-electron chi connectivity index (χ1n) is 7.25. The number of aryl methyl sites for hydroxylation is 1. The topological polar surface area (TPSA) is 30.5 Å². The van der Waals surface area contributed by atoms with Crippen molar-refractivity contribution in [2.24, 2.45) is 0 Å². The Morgan fingerprint density at radius 3 is 2.48 bits per heavy atom. The number of hydrogen-bond donors (Lipinski definition) is 1. The highest BCUT2D eigenvalue weighted by Crippen LogP contribution is 2.11. The zero-order chi connectivity index (χ0) is 14.9. The molecule has 0 bridgehead atoms. The lowest BCUT2D eigenvalue weighted by molar-refractivity contribution is 0.185. The van der Waals surface area contributed by atoms with Crippen molar-refractivity contribution in [3.05, 3.63) is 65.2 Å². The fourth-order valence-corrected chi connectivity index (χ4v) is 2.10. The summed E-state index contributed by atoms with van der Waals surface area (Å²) >= 11 is 0. The van der Waals surface area contributed by atoms with Gasteiger partial charge >= 0.3 is 0 Å². The molecule has 2 aromatic rings. The number of rotatable bonds is 8. The normalized spacial score (nSPS) is 10.6. The molecule has 0 spiro atoms. The van der Waals surface area contributed by atoms with E-state index in [4.69, 9.17) is 9.47 Å². The van der Waals surface area contributed by atoms with E-state index in [0.717, 1.165) is 18.8 Å². The molecular weight excluding hydrogens is 262 g/mol. The lowest BCUT2D eigenvalue weighted by Crippen LogP contribution is -2.20. The summed E-state index contributed by atoms with van der Waals surface area (Å²) in [6.45, 7) is 5.08. The fourth-order valence-electron chi connectivity index (χ4n) is 2.10. The van der Waals surface area contributed by atoms with Gasteiger partial charge in [0.15, 0.2) is 0 Å². The summed E-state index contributed by atoms with van der Waals surface area (Å²) in [6.07, 6.45) is 0. The maximum absolute atomic E-state index is 5.70. The fraction of sp³-hybridized carbons (Fsp3) is 0.333. The largest absolute Gasteiger partial charge is 0.492 e. The maximum Gasteiger partial charge on any atom is 0.119 e. The second kappa shape index (κ2) is 8.45. The first-order chi connectivity index (χ1) is 10.3. The second-order valence-electron chi connectivity index (χ2n) is 5.09. The van der Waals surface area contributed by atoms with Crippen molar-refractivity contribution in [1.82, 2.24) is 5.32 Å². The molecule has 0 aliphatic heterocycles. The monoisotopic (exact) mass is 285 g/mol. The summed E-state index contributed by atoms with van der Waals surface area (Å²) in [5.41, 5.74) is 3.69. The minimum absolute atomic E-state index is 0.665. The molecule has 21 heavy (non-hydrogen) atoms. The molecule has 0 aromatic heterocycles. The molecule has 0 fully saturated rings. The third kappa shape index (κ3) is 5.58. The summed E-state index contributed by atoms with van der Waals surface area (Å²) in [5, 5.41) is 3.38. The molecule has 0 amide bonds. The van der Waals surface area contributed by atoms with Gasteiger partial charge in [-0.1, -0.05) is 36.4 Å². The molecule has 3 nitrogen and oxygen atoms in total. The Hall–Kier alpha value is -1.84. The maximum atomic E-state index is 5.70. The molecule has 0 saturated heterocycles. The molecule has 0 radical (unpaired) electrons. The highest BCUT2D eigenvalue weighted by atomic mass is 16.5. The van der Waals surface area contributed by atoms with Crippen LogP contribution in [0.1, 0.15) is 16.7 Å². The Kier molecular flexibility index (Phi) is 6.25. The zero-order valence-corrected chi connectivity index (χ0v) is 12.8. The van der Waals surface area contributed by atoms with Crippen molar-refractivity contribution in [3.8, 4) is 5.75 Å². The third-order valence-corrected chi connectivity index (χ3v) is 3.20. The van der Waals surface area contributed by atoms with Crippen molar-refractivity contribution in [2.75, 3.05) is 20.3 Å². The molecular formula is C18H23NO2. The standard InChI is InChI=1S/C18H23NO2/c1-15-4-3-5-18(12-15)21-11-10-19-13-16-6-8-17(9-7-16)14-20-2/h3-9,12,19H,10-11,13-14H2,1-2H3. The molecule has 0 saturated carbocycles. The SMILES string of the molecule is COCc1ccc(CNCCOc2cccc(C)c2)cc1. The van der Waals surface area contributed by atoms with Gasteiger partial charge in [-0.15, -0.1) is 0 Å². The summed E-state index contributed by atoms with van der Waals surface area (Å²) in [7, 11) is 1.71. The van der Waals surface area contributed by atoms with Crippen molar-refractivity contribution >= 4 is 0 Å². The average Bonchev–Trinajstić information content (AvgIpc) is 2.49. The van der Waals surface area contributed by atoms with Gasteiger partial charge in [0.05, 0.1) is 6.61 Å². The first-order valence-corrected chi connectivity index (χ1v) is 7.25. The van der Waals surface area contributed by atoms with E-state index < -0.39 is 0 Å². The Balaban J connectivity index is 1.65. The third-order valence-electron chi connectivity index (χ3n) is 3.20. The van der Waals surface area contributed by atoms with Crippen LogP contribution in [0, 0.1) is 6.92 Å². The number of nitrogens with one attached hydrogen (secondary N) is 1. The Morgan fingerprint density at radius 2 is 1.76 bits per heavy atom. The van der Waals surface area contributed by atoms with Crippen LogP contribution in [0.3, 0.4) is 0 Å². The quantitative estimate of drug-likeness (QED) is 0.755. The van der Waals surface area contributed by atoms with Gasteiger partial charge < -0.3 is 14.8 Å². The predicted octanol–water partition coefficient (Wildman–Crippen LogP) is 3.31. The molecule has 1 N–H and O–H groups in total. The van der Waals surface area contributed by atoms with Crippen LogP contribution < -0.4 is 10.1 Å². The van der Waals surface area contributed by atoms with Crippen LogP contribution in [-0.2, 0) is 17.9 Å². The molecule has 0 aliphatic carbocycles. The van der Waals surface area contributed by atoms with E-state index in [-0.39, 0.29) is 0 Å². The summed E-state index contributed by atoms with van der Waals surface area (Å²) in [5.74, 6) is 0.931. The van der Waals surface area contributed by atoms with E-state index in [1.165, 1.54) is 16.7 Å². The molecule has 0 unspecified atom stereocenters. The number of ether oxygens (including phenoxy) is 2. The van der Waals surface area contributed by atoms with E-state index in [9.17, 15) is 0 Å². The predicted molar refractivity (Wildman–Crippen MR) is 85.5 cm³/mol. The Bertz CT molecular complexity index is 537. The van der Waals surface area contributed by atoms with Crippen LogP contribution in [0.5, 0.6) is 5.75 Å². The van der Waals surface area contributed by atoms with Gasteiger partial charge in [0.2, 0.25) is 0 Å². The van der Waals surface area contributed by atoms with E-state index in [0.29, 0.717) is 13.2 Å². The van der Waals surface area contributed by atoms with Gasteiger partial charge in [-0.25, -0.2) is 0 Å². The van der Waals surface area contributed by atoms with Crippen LogP contribution in [0.2, 0.25) is 0 Å². The smallest absolute Gasteiger partial charge is 0.119 e. The van der Waals surface area contributed by atoms with Gasteiger partial charge in [-0.2, -0.15) is 0 Å². The lowest BCUT2D eigenvalue weighted by Gasteiger charge is -2.08. The minimum Gasteiger partial charge on any atom is -0.492 e. The Labute approximate surface area is 126 Å². The van der Waals surface area contributed by atoms with Crippen molar-refractivity contribution in [2.45, 2.75) is 20.1 Å². The van der Waals surface area contributed by atoms with Crippen LogP contribution >= 0.6 is 0 Å². The minimum atomic E-state index is 0.665. The summed E-state index contributed by atoms with van der Waals surface area (Å²) in [6, 6.07) is 16.6. The molecule has 2 aromatic carbocycles. The molecule has 0 heterocycles. The van der Waals surface area contributed by atoms with Gasteiger partial charge in [-0.05, 0) is 35.7 Å². The van der Waals surface area contributed by atoms with E-state index in [1.54, 1.807) is 7.11 Å². The van der Waals surface area contributed by atoms with Crippen LogP contribution in [-0.4, -0.2) is 20.3 Å². The van der Waals surface area contributed by atoms with E-state index in [1.807, 2.05) is 12.1 Å². The average molecular weight is 285 g/mol. The highest BCUT2D eigenvalue weighted by Gasteiger charge is 1.96. The second-order valence-corrected chi connectivity index (χ2v) is 5.09. The molecule has 0 aliphatic rings. The van der Waals surface area contributed by atoms with Gasteiger partial charge in [-0.3, -0.25) is 0 Å². The summed E-state index contributed by atoms with van der Waals surface area (Å²) < 4.78 is 10.8. The van der Waals surface area contributed by atoms with Crippen molar-refractivity contribution in [1.29, 1.82) is 0 Å². The van der Waals surface area contributed by atoms with E-state index in [2.05, 4.69) is 48.6 Å². The number of benzene rings is 2. The van der Waals surface area contributed by atoms with Gasteiger partial charge in [0.25, 0.3) is 0 Å². The van der Waals surface area contributed by atoms with Gasteiger partial charge in [0, 0.05) is 20.2 Å². The Morgan fingerprint density at radius 1 is 1.00 bits per heavy atom. The zero-order valence-electron chi connectivity index (χ0n) is 12.8. The number of methoxy groups -OCH3 is 1. The highest BCUT2D eigenvalue weighted by molar-refractivity contribution is 5.27. The number of hydrogen-bond acceptors (Lipinski definition) is 3. The molecule has 0 atom stereocenters. The summed E-state index contributed by atoms with van der Waals surface area (Å²) in [4.78, 5) is 0.